The topological polar surface area (TPSA) is 18.5 Å². The largest absolute Gasteiger partial charge is 0.371 e. The Kier molecular flexibility index (Phi) is 7.76. The average molecular weight is 424 g/mol. The molecule has 0 aliphatic carbocycles. The molecule has 1 aliphatic rings. The van der Waals surface area contributed by atoms with Gasteiger partial charge in [0, 0.05) is 37.1 Å². The Morgan fingerprint density at radius 3 is 2.63 bits per heavy atom. The van der Waals surface area contributed by atoms with Gasteiger partial charge in [0.2, 0.25) is 0 Å². The predicted octanol–water partition coefficient (Wildman–Crippen LogP) is 6.46. The molecule has 1 N–H and O–H groups in total. The van der Waals surface area contributed by atoms with E-state index in [1.807, 2.05) is 0 Å². The molecule has 0 spiro atoms. The lowest BCUT2D eigenvalue weighted by atomic mass is 9.98. The van der Waals surface area contributed by atoms with Crippen molar-refractivity contribution in [2.24, 2.45) is 0 Å². The Balaban J connectivity index is 1.77. The molecule has 1 atom stereocenters. The average Bonchev–Trinajstić information content (AvgIpc) is 2.74. The highest BCUT2D eigenvalue weighted by atomic mass is 32.1. The van der Waals surface area contributed by atoms with E-state index in [4.69, 9.17) is 12.2 Å². The summed E-state index contributed by atoms with van der Waals surface area (Å²) in [5.41, 5.74) is 7.91. The molecule has 1 aliphatic heterocycles. The van der Waals surface area contributed by atoms with Gasteiger partial charge in [0.05, 0.1) is 0 Å². The number of thiocarbonyl (C=S) groups is 1. The van der Waals surface area contributed by atoms with Crippen molar-refractivity contribution in [1.29, 1.82) is 0 Å². The summed E-state index contributed by atoms with van der Waals surface area (Å²) in [6.07, 6.45) is 4.68. The molecule has 4 heteroatoms. The van der Waals surface area contributed by atoms with Crippen LogP contribution in [0.5, 0.6) is 0 Å². The van der Waals surface area contributed by atoms with Crippen molar-refractivity contribution in [3.63, 3.8) is 0 Å². The Morgan fingerprint density at radius 1 is 1.13 bits per heavy atom. The van der Waals surface area contributed by atoms with Crippen LogP contribution in [0.25, 0.3) is 0 Å². The van der Waals surface area contributed by atoms with E-state index in [0.717, 1.165) is 30.3 Å². The minimum Gasteiger partial charge on any atom is -0.371 e. The van der Waals surface area contributed by atoms with E-state index >= 15 is 0 Å². The van der Waals surface area contributed by atoms with Crippen LogP contribution >= 0.6 is 12.2 Å². The molecule has 162 valence electrons. The maximum Gasteiger partial charge on any atom is 0.173 e. The molecule has 30 heavy (non-hydrogen) atoms. The molecule has 0 unspecified atom stereocenters. The smallest absolute Gasteiger partial charge is 0.173 e. The first-order chi connectivity index (χ1) is 14.4. The molecule has 2 aromatic rings. The number of hydrogen-bond donors (Lipinski definition) is 1. The first kappa shape index (κ1) is 22.6. The molecule has 0 aromatic heterocycles. The minimum atomic E-state index is 0.379. The van der Waals surface area contributed by atoms with Crippen molar-refractivity contribution in [1.82, 2.24) is 4.90 Å². The number of aryl methyl sites for hydroxylation is 3. The fourth-order valence-corrected chi connectivity index (χ4v) is 4.55. The van der Waals surface area contributed by atoms with Gasteiger partial charge in [-0.15, -0.1) is 0 Å². The van der Waals surface area contributed by atoms with E-state index in [1.54, 1.807) is 0 Å². The van der Waals surface area contributed by atoms with Crippen molar-refractivity contribution in [3.05, 3.63) is 58.7 Å². The summed E-state index contributed by atoms with van der Waals surface area (Å²) in [6.45, 7) is 14.2. The highest BCUT2D eigenvalue weighted by Gasteiger charge is 2.20. The number of rotatable bonds is 7. The molecule has 0 fully saturated rings. The van der Waals surface area contributed by atoms with Crippen molar-refractivity contribution in [2.75, 3.05) is 23.3 Å². The van der Waals surface area contributed by atoms with Gasteiger partial charge in [0.25, 0.3) is 0 Å². The monoisotopic (exact) mass is 423 g/mol. The minimum absolute atomic E-state index is 0.379. The highest BCUT2D eigenvalue weighted by Crippen LogP contribution is 2.29. The van der Waals surface area contributed by atoms with Crippen LogP contribution in [-0.4, -0.2) is 29.1 Å². The summed E-state index contributed by atoms with van der Waals surface area (Å²) < 4.78 is 0. The van der Waals surface area contributed by atoms with Gasteiger partial charge in [-0.05, 0) is 99.1 Å². The second kappa shape index (κ2) is 10.3. The summed E-state index contributed by atoms with van der Waals surface area (Å²) >= 11 is 5.86. The molecule has 2 aromatic carbocycles. The van der Waals surface area contributed by atoms with Gasteiger partial charge in [-0.2, -0.15) is 0 Å². The lowest BCUT2D eigenvalue weighted by Gasteiger charge is -2.34. The van der Waals surface area contributed by atoms with Crippen molar-refractivity contribution >= 4 is 28.7 Å². The van der Waals surface area contributed by atoms with Crippen LogP contribution in [0.2, 0.25) is 0 Å². The zero-order valence-corrected chi connectivity index (χ0v) is 20.1. The number of hydrogen-bond acceptors (Lipinski definition) is 2. The standard InChI is InChI=1S/C26H37N3S/c1-6-14-28-15-8-9-23-17-22(11-13-25(23)28)18-29(21(5)7-2)26(30)27-24-12-10-19(3)20(4)16-24/h10-13,16-17,21H,6-9,14-15,18H2,1-5H3,(H,27,30)/t21-/m1/s1. The zero-order valence-electron chi connectivity index (χ0n) is 19.3. The van der Waals surface area contributed by atoms with Crippen LogP contribution in [-0.2, 0) is 13.0 Å². The molecule has 0 saturated carbocycles. The normalized spacial score (nSPS) is 14.2. The third kappa shape index (κ3) is 5.34. The number of anilines is 2. The molecular weight excluding hydrogens is 386 g/mol. The maximum absolute atomic E-state index is 5.86. The van der Waals surface area contributed by atoms with Gasteiger partial charge in [0.15, 0.2) is 5.11 Å². The van der Waals surface area contributed by atoms with Crippen LogP contribution in [0.15, 0.2) is 36.4 Å². The molecule has 1 heterocycles. The zero-order chi connectivity index (χ0) is 21.7. The van der Waals surface area contributed by atoms with Gasteiger partial charge >= 0.3 is 0 Å². The number of fused-ring (bicyclic) bond motifs is 1. The Bertz CT molecular complexity index is 877. The third-order valence-electron chi connectivity index (χ3n) is 6.35. The van der Waals surface area contributed by atoms with Crippen LogP contribution in [0, 0.1) is 13.8 Å². The third-order valence-corrected chi connectivity index (χ3v) is 6.68. The molecule has 0 radical (unpaired) electrons. The predicted molar refractivity (Wildman–Crippen MR) is 135 cm³/mol. The number of benzene rings is 2. The van der Waals surface area contributed by atoms with E-state index in [2.05, 4.69) is 86.1 Å². The van der Waals surface area contributed by atoms with Gasteiger partial charge in [-0.1, -0.05) is 32.0 Å². The quantitative estimate of drug-likeness (QED) is 0.515. The van der Waals surface area contributed by atoms with E-state index < -0.39 is 0 Å². The summed E-state index contributed by atoms with van der Waals surface area (Å²) in [5, 5.41) is 4.28. The van der Waals surface area contributed by atoms with Crippen molar-refractivity contribution in [2.45, 2.75) is 72.9 Å². The van der Waals surface area contributed by atoms with Crippen LogP contribution < -0.4 is 10.2 Å². The van der Waals surface area contributed by atoms with Gasteiger partial charge in [-0.3, -0.25) is 0 Å². The van der Waals surface area contributed by atoms with E-state index in [0.29, 0.717) is 6.04 Å². The van der Waals surface area contributed by atoms with Gasteiger partial charge in [0.1, 0.15) is 0 Å². The van der Waals surface area contributed by atoms with Crippen molar-refractivity contribution < 1.29 is 0 Å². The van der Waals surface area contributed by atoms with Gasteiger partial charge < -0.3 is 15.1 Å². The van der Waals surface area contributed by atoms with E-state index in [1.165, 1.54) is 53.7 Å². The summed E-state index contributed by atoms with van der Waals surface area (Å²) in [5.74, 6) is 0. The van der Waals surface area contributed by atoms with E-state index in [9.17, 15) is 0 Å². The number of nitrogens with zero attached hydrogens (tertiary/aromatic N) is 2. The molecule has 0 amide bonds. The SMILES string of the molecule is CCCN1CCCc2cc(CN(C(=S)Nc3ccc(C)c(C)c3)[C@H](C)CC)ccc21. The molecular formula is C26H37N3S. The lowest BCUT2D eigenvalue weighted by molar-refractivity contribution is 0.319. The maximum atomic E-state index is 5.86. The Hall–Kier alpha value is -2.07. The van der Waals surface area contributed by atoms with Crippen LogP contribution in [0.4, 0.5) is 11.4 Å². The lowest BCUT2D eigenvalue weighted by Crippen LogP contribution is -2.40. The molecule has 3 nitrogen and oxygen atoms in total. The Labute approximate surface area is 188 Å². The second-order valence-electron chi connectivity index (χ2n) is 8.67. The van der Waals surface area contributed by atoms with E-state index in [-0.39, 0.29) is 0 Å². The summed E-state index contributed by atoms with van der Waals surface area (Å²) in [4.78, 5) is 4.87. The van der Waals surface area contributed by atoms with Crippen LogP contribution in [0.3, 0.4) is 0 Å². The van der Waals surface area contributed by atoms with Crippen LogP contribution in [0.1, 0.15) is 62.3 Å². The molecule has 0 saturated heterocycles. The highest BCUT2D eigenvalue weighted by molar-refractivity contribution is 7.80. The second-order valence-corrected chi connectivity index (χ2v) is 9.05. The molecule has 3 rings (SSSR count). The van der Waals surface area contributed by atoms with Gasteiger partial charge in [-0.25, -0.2) is 0 Å². The van der Waals surface area contributed by atoms with Crippen molar-refractivity contribution in [3.8, 4) is 0 Å². The summed E-state index contributed by atoms with van der Waals surface area (Å²) in [6, 6.07) is 13.9. The fraction of sp³-hybridized carbons (Fsp3) is 0.500. The number of nitrogens with one attached hydrogen (secondary N) is 1. The summed E-state index contributed by atoms with van der Waals surface area (Å²) in [7, 11) is 0. The molecule has 0 bridgehead atoms. The Morgan fingerprint density at radius 2 is 1.93 bits per heavy atom. The first-order valence-electron chi connectivity index (χ1n) is 11.4. The fourth-order valence-electron chi connectivity index (χ4n) is 4.19. The first-order valence-corrected chi connectivity index (χ1v) is 11.8.